The Morgan fingerprint density at radius 3 is 2.75 bits per heavy atom. The van der Waals surface area contributed by atoms with Crippen LogP contribution in [0.25, 0.3) is 10.9 Å². The predicted octanol–water partition coefficient (Wildman–Crippen LogP) is 2.62. The second-order valence-corrected chi connectivity index (χ2v) is 7.57. The summed E-state index contributed by atoms with van der Waals surface area (Å²) >= 11 is 5.98. The first-order chi connectivity index (χ1) is 13.5. The van der Waals surface area contributed by atoms with Crippen molar-refractivity contribution in [2.75, 3.05) is 13.1 Å². The zero-order chi connectivity index (χ0) is 20.1. The summed E-state index contributed by atoms with van der Waals surface area (Å²) in [4.78, 5) is 45.7. The van der Waals surface area contributed by atoms with Crippen LogP contribution < -0.4 is 10.9 Å². The molecule has 8 heteroatoms. The summed E-state index contributed by atoms with van der Waals surface area (Å²) in [6.45, 7) is 2.39. The van der Waals surface area contributed by atoms with Gasteiger partial charge in [-0.15, -0.1) is 0 Å². The SMILES string of the molecule is CCN(Cc1nc2cc(Cl)ccc2c(=O)[nH]1)C(=O)CNC(=O)C1CCCCC1. The summed E-state index contributed by atoms with van der Waals surface area (Å²) in [7, 11) is 0. The van der Waals surface area contributed by atoms with E-state index in [2.05, 4.69) is 15.3 Å². The smallest absolute Gasteiger partial charge is 0.258 e. The molecule has 1 aliphatic rings. The van der Waals surface area contributed by atoms with E-state index in [-0.39, 0.29) is 36.4 Å². The van der Waals surface area contributed by atoms with Crippen LogP contribution in [0.2, 0.25) is 5.02 Å². The molecule has 1 heterocycles. The molecule has 28 heavy (non-hydrogen) atoms. The number of rotatable bonds is 6. The average Bonchev–Trinajstić information content (AvgIpc) is 2.70. The molecule has 1 saturated carbocycles. The van der Waals surface area contributed by atoms with Gasteiger partial charge in [-0.2, -0.15) is 0 Å². The van der Waals surface area contributed by atoms with Crippen LogP contribution in [0.15, 0.2) is 23.0 Å². The second kappa shape index (κ2) is 9.19. The molecule has 0 bridgehead atoms. The third kappa shape index (κ3) is 4.90. The Morgan fingerprint density at radius 2 is 2.04 bits per heavy atom. The molecule has 3 rings (SSSR count). The molecule has 2 aromatic rings. The minimum Gasteiger partial charge on any atom is -0.347 e. The van der Waals surface area contributed by atoms with Gasteiger partial charge >= 0.3 is 0 Å². The highest BCUT2D eigenvalue weighted by molar-refractivity contribution is 6.31. The lowest BCUT2D eigenvalue weighted by atomic mass is 9.89. The van der Waals surface area contributed by atoms with Gasteiger partial charge in [0.05, 0.1) is 24.0 Å². The van der Waals surface area contributed by atoms with Crippen molar-refractivity contribution in [3.8, 4) is 0 Å². The molecule has 0 aliphatic heterocycles. The van der Waals surface area contributed by atoms with Gasteiger partial charge in [-0.1, -0.05) is 30.9 Å². The van der Waals surface area contributed by atoms with E-state index in [4.69, 9.17) is 11.6 Å². The number of benzene rings is 1. The number of carbonyl (C=O) groups excluding carboxylic acids is 2. The van der Waals surface area contributed by atoms with Gasteiger partial charge in [-0.25, -0.2) is 4.98 Å². The number of amides is 2. The van der Waals surface area contributed by atoms with Gasteiger partial charge in [0.1, 0.15) is 5.82 Å². The maximum atomic E-state index is 12.5. The second-order valence-electron chi connectivity index (χ2n) is 7.13. The van der Waals surface area contributed by atoms with Crippen LogP contribution in [0.1, 0.15) is 44.9 Å². The number of likely N-dealkylation sites (N-methyl/N-ethyl adjacent to an activating group) is 1. The quantitative estimate of drug-likeness (QED) is 0.773. The zero-order valence-electron chi connectivity index (χ0n) is 16.0. The van der Waals surface area contributed by atoms with Crippen LogP contribution in [-0.4, -0.2) is 39.8 Å². The minimum atomic E-state index is -0.272. The normalized spacial score (nSPS) is 14.8. The number of fused-ring (bicyclic) bond motifs is 1. The number of hydrogen-bond donors (Lipinski definition) is 2. The first kappa shape index (κ1) is 20.3. The molecule has 0 atom stereocenters. The van der Waals surface area contributed by atoms with Crippen LogP contribution >= 0.6 is 11.6 Å². The molecular formula is C20H25ClN4O3. The van der Waals surface area contributed by atoms with E-state index in [1.807, 2.05) is 6.92 Å². The fraction of sp³-hybridized carbons (Fsp3) is 0.500. The summed E-state index contributed by atoms with van der Waals surface area (Å²) in [5, 5.41) is 3.70. The van der Waals surface area contributed by atoms with Gasteiger partial charge in [0, 0.05) is 17.5 Å². The lowest BCUT2D eigenvalue weighted by Gasteiger charge is -2.23. The molecule has 0 radical (unpaired) electrons. The van der Waals surface area contributed by atoms with E-state index in [1.165, 1.54) is 6.42 Å². The van der Waals surface area contributed by atoms with Crippen molar-refractivity contribution in [3.05, 3.63) is 39.4 Å². The Labute approximate surface area is 168 Å². The summed E-state index contributed by atoms with van der Waals surface area (Å²) in [5.74, 6) is 0.143. The fourth-order valence-corrected chi connectivity index (χ4v) is 3.74. The highest BCUT2D eigenvalue weighted by Crippen LogP contribution is 2.23. The molecule has 1 fully saturated rings. The standard InChI is InChI=1S/C20H25ClN4O3/c1-2-25(18(26)11-22-19(27)13-6-4-3-5-7-13)12-17-23-16-10-14(21)8-9-15(16)20(28)24-17/h8-10,13H,2-7,11-12H2,1H3,(H,22,27)(H,23,24,28). The van der Waals surface area contributed by atoms with Gasteiger partial charge in [-0.05, 0) is 38.0 Å². The maximum absolute atomic E-state index is 12.5. The van der Waals surface area contributed by atoms with Crippen molar-refractivity contribution < 1.29 is 9.59 Å². The molecule has 0 unspecified atom stereocenters. The number of halogens is 1. The molecule has 0 spiro atoms. The van der Waals surface area contributed by atoms with E-state index in [1.54, 1.807) is 23.1 Å². The topological polar surface area (TPSA) is 95.2 Å². The van der Waals surface area contributed by atoms with E-state index in [0.717, 1.165) is 25.7 Å². The lowest BCUT2D eigenvalue weighted by Crippen LogP contribution is -2.42. The highest BCUT2D eigenvalue weighted by Gasteiger charge is 2.22. The zero-order valence-corrected chi connectivity index (χ0v) is 16.7. The molecule has 1 aromatic carbocycles. The van der Waals surface area contributed by atoms with E-state index >= 15 is 0 Å². The van der Waals surface area contributed by atoms with Gasteiger partial charge in [0.2, 0.25) is 11.8 Å². The van der Waals surface area contributed by atoms with Crippen LogP contribution in [0.4, 0.5) is 0 Å². The van der Waals surface area contributed by atoms with Crippen molar-refractivity contribution in [2.45, 2.75) is 45.6 Å². The van der Waals surface area contributed by atoms with Crippen molar-refractivity contribution in [2.24, 2.45) is 5.92 Å². The monoisotopic (exact) mass is 404 g/mol. The molecule has 1 aliphatic carbocycles. The van der Waals surface area contributed by atoms with Gasteiger partial charge in [-0.3, -0.25) is 14.4 Å². The molecule has 7 nitrogen and oxygen atoms in total. The Hall–Kier alpha value is -2.41. The van der Waals surface area contributed by atoms with E-state index in [9.17, 15) is 14.4 Å². The predicted molar refractivity (Wildman–Crippen MR) is 108 cm³/mol. The summed E-state index contributed by atoms with van der Waals surface area (Å²) in [5.41, 5.74) is 0.214. The van der Waals surface area contributed by atoms with Crippen LogP contribution in [0.5, 0.6) is 0 Å². The summed E-state index contributed by atoms with van der Waals surface area (Å²) in [6, 6.07) is 4.88. The van der Waals surface area contributed by atoms with E-state index < -0.39 is 0 Å². The Balaban J connectivity index is 1.64. The Kier molecular flexibility index (Phi) is 6.67. The largest absolute Gasteiger partial charge is 0.347 e. The Bertz CT molecular complexity index is 921. The number of nitrogens with one attached hydrogen (secondary N) is 2. The number of carbonyl (C=O) groups is 2. The summed E-state index contributed by atoms with van der Waals surface area (Å²) < 4.78 is 0. The molecule has 0 saturated heterocycles. The van der Waals surface area contributed by atoms with Gasteiger partial charge in [0.25, 0.3) is 5.56 Å². The number of aromatic nitrogens is 2. The maximum Gasteiger partial charge on any atom is 0.258 e. The molecule has 1 aromatic heterocycles. The molecular weight excluding hydrogens is 380 g/mol. The number of aromatic amines is 1. The van der Waals surface area contributed by atoms with Crippen molar-refractivity contribution >= 4 is 34.3 Å². The summed E-state index contributed by atoms with van der Waals surface area (Å²) in [6.07, 6.45) is 5.09. The van der Waals surface area contributed by atoms with Crippen LogP contribution in [0.3, 0.4) is 0 Å². The highest BCUT2D eigenvalue weighted by atomic mass is 35.5. The van der Waals surface area contributed by atoms with Crippen molar-refractivity contribution in [1.82, 2.24) is 20.2 Å². The number of hydrogen-bond acceptors (Lipinski definition) is 4. The molecule has 2 N–H and O–H groups in total. The molecule has 2 amide bonds. The third-order valence-corrected chi connectivity index (χ3v) is 5.42. The average molecular weight is 405 g/mol. The Morgan fingerprint density at radius 1 is 1.29 bits per heavy atom. The third-order valence-electron chi connectivity index (χ3n) is 5.18. The van der Waals surface area contributed by atoms with Crippen molar-refractivity contribution in [1.29, 1.82) is 0 Å². The van der Waals surface area contributed by atoms with Crippen LogP contribution in [0, 0.1) is 5.92 Å². The fourth-order valence-electron chi connectivity index (χ4n) is 3.58. The first-order valence-corrected chi connectivity index (χ1v) is 10.1. The number of nitrogens with zero attached hydrogens (tertiary/aromatic N) is 2. The first-order valence-electron chi connectivity index (χ1n) is 9.72. The van der Waals surface area contributed by atoms with Gasteiger partial charge in [0.15, 0.2) is 0 Å². The minimum absolute atomic E-state index is 0.0138. The van der Waals surface area contributed by atoms with E-state index in [0.29, 0.717) is 28.3 Å². The number of H-pyrrole nitrogens is 1. The van der Waals surface area contributed by atoms with Crippen molar-refractivity contribution in [3.63, 3.8) is 0 Å². The molecule has 150 valence electrons. The van der Waals surface area contributed by atoms with Gasteiger partial charge < -0.3 is 15.2 Å². The lowest BCUT2D eigenvalue weighted by molar-refractivity contribution is -0.134. The van der Waals surface area contributed by atoms with Crippen LogP contribution in [-0.2, 0) is 16.1 Å².